The van der Waals surface area contributed by atoms with E-state index in [-0.39, 0.29) is 0 Å². The lowest BCUT2D eigenvalue weighted by Gasteiger charge is -2.29. The number of fused-ring (bicyclic) bond motifs is 2. The Morgan fingerprint density at radius 2 is 1.91 bits per heavy atom. The highest BCUT2D eigenvalue weighted by atomic mass is 15.2. The van der Waals surface area contributed by atoms with Crippen molar-refractivity contribution in [1.82, 2.24) is 29.9 Å². The second kappa shape index (κ2) is 7.65. The summed E-state index contributed by atoms with van der Waals surface area (Å²) in [5, 5.41) is 15.2. The molecule has 0 aliphatic carbocycles. The van der Waals surface area contributed by atoms with E-state index in [1.807, 2.05) is 30.9 Å². The Morgan fingerprint density at radius 3 is 2.75 bits per heavy atom. The molecule has 6 rings (SSSR count). The quantitative estimate of drug-likeness (QED) is 0.408. The number of aryl methyl sites for hydroxylation is 1. The van der Waals surface area contributed by atoms with Gasteiger partial charge < -0.3 is 19.9 Å². The first kappa shape index (κ1) is 18.8. The normalized spacial score (nSPS) is 14.3. The summed E-state index contributed by atoms with van der Waals surface area (Å²) in [6.07, 6.45) is 7.61. The molecule has 0 saturated carbocycles. The minimum absolute atomic E-state index is 0.799. The Hall–Kier alpha value is -3.91. The summed E-state index contributed by atoms with van der Waals surface area (Å²) < 4.78 is 2.12. The zero-order chi connectivity index (χ0) is 21.5. The number of pyridine rings is 2. The van der Waals surface area contributed by atoms with Crippen molar-refractivity contribution < 1.29 is 0 Å². The number of aromatic amines is 1. The highest BCUT2D eigenvalue weighted by molar-refractivity contribution is 5.87. The summed E-state index contributed by atoms with van der Waals surface area (Å²) in [7, 11) is 0. The van der Waals surface area contributed by atoms with E-state index >= 15 is 0 Å². The van der Waals surface area contributed by atoms with Gasteiger partial charge in [0.25, 0.3) is 0 Å². The molecule has 0 unspecified atom stereocenters. The van der Waals surface area contributed by atoms with Crippen LogP contribution in [0.4, 0.5) is 17.2 Å². The lowest BCUT2D eigenvalue weighted by molar-refractivity contribution is 0.589. The largest absolute Gasteiger partial charge is 0.368 e. The van der Waals surface area contributed by atoms with Gasteiger partial charge in [-0.2, -0.15) is 5.10 Å². The number of nitrogens with one attached hydrogen (secondary N) is 3. The van der Waals surface area contributed by atoms with Crippen molar-refractivity contribution in [3.63, 3.8) is 0 Å². The van der Waals surface area contributed by atoms with Crippen molar-refractivity contribution in [2.45, 2.75) is 6.92 Å². The summed E-state index contributed by atoms with van der Waals surface area (Å²) >= 11 is 0. The smallest absolute Gasteiger partial charge is 0.160 e. The summed E-state index contributed by atoms with van der Waals surface area (Å²) in [4.78, 5) is 11.6. The van der Waals surface area contributed by atoms with Gasteiger partial charge in [-0.3, -0.25) is 5.10 Å². The number of H-pyrrole nitrogens is 1. The summed E-state index contributed by atoms with van der Waals surface area (Å²) in [6.45, 7) is 6.14. The van der Waals surface area contributed by atoms with Crippen molar-refractivity contribution in [1.29, 1.82) is 0 Å². The van der Waals surface area contributed by atoms with Gasteiger partial charge in [-0.1, -0.05) is 12.1 Å². The highest BCUT2D eigenvalue weighted by Crippen LogP contribution is 2.32. The summed E-state index contributed by atoms with van der Waals surface area (Å²) in [5.41, 5.74) is 7.35. The molecule has 32 heavy (non-hydrogen) atoms. The van der Waals surface area contributed by atoms with E-state index < -0.39 is 0 Å². The average Bonchev–Trinajstić information content (AvgIpc) is 3.52. The van der Waals surface area contributed by atoms with Gasteiger partial charge in [-0.25, -0.2) is 9.97 Å². The number of imidazole rings is 1. The molecule has 3 N–H and O–H groups in total. The molecule has 1 fully saturated rings. The summed E-state index contributed by atoms with van der Waals surface area (Å²) in [6, 6.07) is 12.7. The predicted octanol–water partition coefficient (Wildman–Crippen LogP) is 3.73. The highest BCUT2D eigenvalue weighted by Gasteiger charge is 2.14. The van der Waals surface area contributed by atoms with E-state index in [4.69, 9.17) is 0 Å². The number of rotatable bonds is 4. The molecule has 1 aliphatic heterocycles. The topological polar surface area (TPSA) is 86.2 Å². The third-order valence-corrected chi connectivity index (χ3v) is 6.17. The van der Waals surface area contributed by atoms with Crippen LogP contribution in [0.15, 0.2) is 61.2 Å². The molecular formula is C24H24N8. The molecule has 1 aliphatic rings. The van der Waals surface area contributed by atoms with E-state index in [0.717, 1.165) is 76.7 Å². The van der Waals surface area contributed by atoms with Crippen LogP contribution in [0.2, 0.25) is 0 Å². The first-order valence-corrected chi connectivity index (χ1v) is 10.9. The van der Waals surface area contributed by atoms with E-state index in [0.29, 0.717) is 0 Å². The molecule has 0 atom stereocenters. The SMILES string of the molecule is Cc1c(-c2ccc3cn[nH]c3c2)cc(Nc2ccc(N3CCNCC3)cn2)c2nccn12. The van der Waals surface area contributed by atoms with Gasteiger partial charge in [-0.05, 0) is 36.8 Å². The molecule has 8 nitrogen and oxygen atoms in total. The van der Waals surface area contributed by atoms with Crippen LogP contribution < -0.4 is 15.5 Å². The number of hydrogen-bond acceptors (Lipinski definition) is 6. The number of piperazine rings is 1. The molecule has 0 spiro atoms. The van der Waals surface area contributed by atoms with Crippen molar-refractivity contribution in [3.8, 4) is 11.1 Å². The maximum atomic E-state index is 4.68. The van der Waals surface area contributed by atoms with E-state index in [9.17, 15) is 0 Å². The fraction of sp³-hybridized carbons (Fsp3) is 0.208. The number of benzene rings is 1. The number of anilines is 3. The van der Waals surface area contributed by atoms with Crippen LogP contribution in [0.5, 0.6) is 0 Å². The summed E-state index contributed by atoms with van der Waals surface area (Å²) in [5.74, 6) is 0.799. The number of nitrogens with zero attached hydrogens (tertiary/aromatic N) is 5. The zero-order valence-electron chi connectivity index (χ0n) is 17.8. The zero-order valence-corrected chi connectivity index (χ0v) is 17.8. The second-order valence-corrected chi connectivity index (χ2v) is 8.11. The van der Waals surface area contributed by atoms with Crippen LogP contribution in [0.3, 0.4) is 0 Å². The maximum Gasteiger partial charge on any atom is 0.160 e. The van der Waals surface area contributed by atoms with Crippen molar-refractivity contribution in [3.05, 3.63) is 66.9 Å². The van der Waals surface area contributed by atoms with Crippen molar-refractivity contribution >= 4 is 33.7 Å². The second-order valence-electron chi connectivity index (χ2n) is 8.11. The van der Waals surface area contributed by atoms with Crippen LogP contribution in [0, 0.1) is 6.92 Å². The lowest BCUT2D eigenvalue weighted by Crippen LogP contribution is -2.43. The fourth-order valence-corrected chi connectivity index (χ4v) is 4.41. The van der Waals surface area contributed by atoms with Gasteiger partial charge in [0.2, 0.25) is 0 Å². The molecular weight excluding hydrogens is 400 g/mol. The minimum atomic E-state index is 0.799. The maximum absolute atomic E-state index is 4.68. The Balaban J connectivity index is 1.37. The molecule has 1 aromatic carbocycles. The predicted molar refractivity (Wildman–Crippen MR) is 128 cm³/mol. The van der Waals surface area contributed by atoms with Gasteiger partial charge in [0, 0.05) is 55.2 Å². The Morgan fingerprint density at radius 1 is 1.00 bits per heavy atom. The van der Waals surface area contributed by atoms with Gasteiger partial charge in [0.1, 0.15) is 5.82 Å². The van der Waals surface area contributed by atoms with E-state index in [2.05, 4.69) is 77.4 Å². The molecule has 5 heterocycles. The monoisotopic (exact) mass is 424 g/mol. The van der Waals surface area contributed by atoms with E-state index in [1.165, 1.54) is 0 Å². The van der Waals surface area contributed by atoms with Crippen molar-refractivity contribution in [2.24, 2.45) is 0 Å². The first-order chi connectivity index (χ1) is 15.8. The first-order valence-electron chi connectivity index (χ1n) is 10.9. The third kappa shape index (κ3) is 3.25. The van der Waals surface area contributed by atoms with Crippen LogP contribution in [-0.2, 0) is 0 Å². The molecule has 5 aromatic rings. The Bertz CT molecular complexity index is 1390. The van der Waals surface area contributed by atoms with Crippen LogP contribution in [0.25, 0.3) is 27.7 Å². The molecule has 0 amide bonds. The van der Waals surface area contributed by atoms with Gasteiger partial charge in [0.05, 0.1) is 29.3 Å². The van der Waals surface area contributed by atoms with Crippen LogP contribution >= 0.6 is 0 Å². The minimum Gasteiger partial charge on any atom is -0.368 e. The van der Waals surface area contributed by atoms with E-state index in [1.54, 1.807) is 0 Å². The molecule has 0 bridgehead atoms. The van der Waals surface area contributed by atoms with Crippen molar-refractivity contribution in [2.75, 3.05) is 36.4 Å². The fourth-order valence-electron chi connectivity index (χ4n) is 4.41. The standard InChI is InChI=1S/C24H24N8/c1-16-20(17-2-3-18-14-28-30-21(18)12-17)13-22(24-26-8-11-32(16)24)29-23-5-4-19(15-27-23)31-9-6-25-7-10-31/h2-5,8,11-15,25H,6-7,9-10H2,1H3,(H,27,29)(H,28,30). The Labute approximate surface area is 185 Å². The van der Waals surface area contributed by atoms with Gasteiger partial charge >= 0.3 is 0 Å². The Kier molecular flexibility index (Phi) is 4.50. The lowest BCUT2D eigenvalue weighted by atomic mass is 10.0. The van der Waals surface area contributed by atoms with Crippen LogP contribution in [-0.4, -0.2) is 50.7 Å². The molecule has 8 heteroatoms. The average molecular weight is 425 g/mol. The molecule has 160 valence electrons. The number of hydrogen-bond donors (Lipinski definition) is 3. The van der Waals surface area contributed by atoms with Gasteiger partial charge in [0.15, 0.2) is 5.65 Å². The number of aromatic nitrogens is 5. The molecule has 4 aromatic heterocycles. The van der Waals surface area contributed by atoms with Crippen LogP contribution in [0.1, 0.15) is 5.69 Å². The molecule has 1 saturated heterocycles. The van der Waals surface area contributed by atoms with Gasteiger partial charge in [-0.15, -0.1) is 0 Å². The third-order valence-electron chi connectivity index (χ3n) is 6.17. The molecule has 0 radical (unpaired) electrons.